The van der Waals surface area contributed by atoms with Crippen LogP contribution in [0.4, 0.5) is 9.18 Å². The van der Waals surface area contributed by atoms with Gasteiger partial charge in [-0.25, -0.2) is 9.18 Å². The summed E-state index contributed by atoms with van der Waals surface area (Å²) in [6.45, 7) is 0.0855. The Hall–Kier alpha value is -2.31. The molecular formula is C17H13Cl2FN2O3. The third-order valence-electron chi connectivity index (χ3n) is 3.74. The first-order valence-electron chi connectivity index (χ1n) is 7.39. The largest absolute Gasteiger partial charge is 0.434 e. The van der Waals surface area contributed by atoms with Gasteiger partial charge in [0.05, 0.1) is 17.6 Å². The molecule has 5 nitrogen and oxygen atoms in total. The number of alkyl carbamates (subject to hydrolysis) is 1. The summed E-state index contributed by atoms with van der Waals surface area (Å²) in [4.78, 5) is 23.5. The molecule has 2 N–H and O–H groups in total. The van der Waals surface area contributed by atoms with E-state index in [1.807, 2.05) is 0 Å². The predicted octanol–water partition coefficient (Wildman–Crippen LogP) is 3.45. The van der Waals surface area contributed by atoms with Crippen molar-refractivity contribution in [2.75, 3.05) is 6.54 Å². The maximum Gasteiger partial charge on any atom is 0.408 e. The number of carbonyl (C=O) groups excluding carboxylic acids is 2. The van der Waals surface area contributed by atoms with Gasteiger partial charge in [-0.1, -0.05) is 41.4 Å². The monoisotopic (exact) mass is 382 g/mol. The van der Waals surface area contributed by atoms with E-state index in [-0.39, 0.29) is 11.6 Å². The van der Waals surface area contributed by atoms with Gasteiger partial charge in [-0.3, -0.25) is 4.79 Å². The smallest absolute Gasteiger partial charge is 0.408 e. The van der Waals surface area contributed by atoms with Gasteiger partial charge in [0.1, 0.15) is 5.82 Å². The van der Waals surface area contributed by atoms with Gasteiger partial charge in [-0.2, -0.15) is 0 Å². The van der Waals surface area contributed by atoms with E-state index in [9.17, 15) is 14.0 Å². The molecule has 1 aliphatic rings. The van der Waals surface area contributed by atoms with E-state index >= 15 is 0 Å². The normalized spacial score (nSPS) is 17.6. The lowest BCUT2D eigenvalue weighted by atomic mass is 9.98. The standard InChI is InChI=1S/C17H13Cl2FN2O3/c18-11-4-1-9(2-5-11)15(10-3-6-13(20)12(19)7-10)22-16(23)14-8-21-17(24)25-14/h1-7,14-15H,8H2,(H,21,24)(H,22,23). The third kappa shape index (κ3) is 4.03. The first-order chi connectivity index (χ1) is 11.9. The van der Waals surface area contributed by atoms with E-state index in [4.69, 9.17) is 27.9 Å². The zero-order chi connectivity index (χ0) is 18.0. The maximum absolute atomic E-state index is 13.5. The zero-order valence-corrected chi connectivity index (χ0v) is 14.3. The molecule has 2 amide bonds. The average Bonchev–Trinajstić information content (AvgIpc) is 3.03. The molecule has 1 saturated heterocycles. The molecular weight excluding hydrogens is 370 g/mol. The van der Waals surface area contributed by atoms with Gasteiger partial charge in [0.2, 0.25) is 0 Å². The van der Waals surface area contributed by atoms with Crippen molar-refractivity contribution in [3.8, 4) is 0 Å². The maximum atomic E-state index is 13.5. The fourth-order valence-corrected chi connectivity index (χ4v) is 2.79. The average molecular weight is 383 g/mol. The molecule has 130 valence electrons. The van der Waals surface area contributed by atoms with Crippen molar-refractivity contribution in [1.29, 1.82) is 0 Å². The molecule has 8 heteroatoms. The van der Waals surface area contributed by atoms with Crippen molar-refractivity contribution < 1.29 is 18.7 Å². The second-order valence-electron chi connectivity index (χ2n) is 5.44. The van der Waals surface area contributed by atoms with Crippen LogP contribution in [0.2, 0.25) is 10.0 Å². The van der Waals surface area contributed by atoms with Crippen molar-refractivity contribution in [1.82, 2.24) is 10.6 Å². The lowest BCUT2D eigenvalue weighted by molar-refractivity contribution is -0.128. The van der Waals surface area contributed by atoms with E-state index in [1.165, 1.54) is 18.2 Å². The van der Waals surface area contributed by atoms with E-state index < -0.39 is 30.0 Å². The minimum atomic E-state index is -0.932. The van der Waals surface area contributed by atoms with Crippen LogP contribution in [0.3, 0.4) is 0 Å². The van der Waals surface area contributed by atoms with Crippen molar-refractivity contribution in [2.45, 2.75) is 12.1 Å². The van der Waals surface area contributed by atoms with Crippen LogP contribution in [-0.4, -0.2) is 24.6 Å². The number of rotatable bonds is 4. The molecule has 1 fully saturated rings. The summed E-state index contributed by atoms with van der Waals surface area (Å²) in [5.74, 6) is -1.03. The minimum Gasteiger partial charge on any atom is -0.434 e. The number of benzene rings is 2. The molecule has 2 atom stereocenters. The van der Waals surface area contributed by atoms with Crippen LogP contribution in [-0.2, 0) is 9.53 Å². The Morgan fingerprint density at radius 1 is 1.20 bits per heavy atom. The van der Waals surface area contributed by atoms with Crippen LogP contribution in [0, 0.1) is 5.82 Å². The highest BCUT2D eigenvalue weighted by Gasteiger charge is 2.31. The molecule has 2 unspecified atom stereocenters. The lowest BCUT2D eigenvalue weighted by Crippen LogP contribution is -2.39. The molecule has 0 radical (unpaired) electrons. The second kappa shape index (κ2) is 7.29. The highest BCUT2D eigenvalue weighted by molar-refractivity contribution is 6.31. The first kappa shape index (κ1) is 17.5. The highest BCUT2D eigenvalue weighted by atomic mass is 35.5. The van der Waals surface area contributed by atoms with Gasteiger partial charge in [0.25, 0.3) is 5.91 Å². The van der Waals surface area contributed by atoms with E-state index in [1.54, 1.807) is 24.3 Å². The zero-order valence-electron chi connectivity index (χ0n) is 12.8. The Balaban J connectivity index is 1.91. The molecule has 0 aromatic heterocycles. The van der Waals surface area contributed by atoms with Crippen molar-refractivity contribution in [3.63, 3.8) is 0 Å². The number of nitrogens with one attached hydrogen (secondary N) is 2. The van der Waals surface area contributed by atoms with Crippen LogP contribution >= 0.6 is 23.2 Å². The number of carbonyl (C=O) groups is 2. The summed E-state index contributed by atoms with van der Waals surface area (Å²) in [5.41, 5.74) is 1.30. The lowest BCUT2D eigenvalue weighted by Gasteiger charge is -2.21. The number of hydrogen-bond acceptors (Lipinski definition) is 3. The minimum absolute atomic E-state index is 0.0559. The summed E-state index contributed by atoms with van der Waals surface area (Å²) in [5, 5.41) is 5.70. The number of halogens is 3. The number of ether oxygens (including phenoxy) is 1. The van der Waals surface area contributed by atoms with Gasteiger partial charge < -0.3 is 15.4 Å². The highest BCUT2D eigenvalue weighted by Crippen LogP contribution is 2.27. The number of cyclic esters (lactones) is 1. The van der Waals surface area contributed by atoms with E-state index in [2.05, 4.69) is 10.6 Å². The van der Waals surface area contributed by atoms with Crippen LogP contribution in [0.5, 0.6) is 0 Å². The van der Waals surface area contributed by atoms with Gasteiger partial charge >= 0.3 is 6.09 Å². The van der Waals surface area contributed by atoms with Crippen LogP contribution in [0.15, 0.2) is 42.5 Å². The molecule has 0 saturated carbocycles. The summed E-state index contributed by atoms with van der Waals surface area (Å²) in [6.07, 6.45) is -1.58. The molecule has 3 rings (SSSR count). The summed E-state index contributed by atoms with van der Waals surface area (Å²) < 4.78 is 18.4. The topological polar surface area (TPSA) is 67.4 Å². The molecule has 2 aromatic rings. The van der Waals surface area contributed by atoms with E-state index in [0.717, 1.165) is 5.56 Å². The van der Waals surface area contributed by atoms with Crippen LogP contribution < -0.4 is 10.6 Å². The number of amides is 2. The fourth-order valence-electron chi connectivity index (χ4n) is 2.48. The van der Waals surface area contributed by atoms with Crippen molar-refractivity contribution in [2.24, 2.45) is 0 Å². The Morgan fingerprint density at radius 2 is 1.88 bits per heavy atom. The quantitative estimate of drug-likeness (QED) is 0.850. The number of hydrogen-bond donors (Lipinski definition) is 2. The Morgan fingerprint density at radius 3 is 2.48 bits per heavy atom. The first-order valence-corrected chi connectivity index (χ1v) is 8.15. The summed E-state index contributed by atoms with van der Waals surface area (Å²) in [7, 11) is 0. The molecule has 0 aliphatic carbocycles. The van der Waals surface area contributed by atoms with Crippen LogP contribution in [0.25, 0.3) is 0 Å². The Kier molecular flexibility index (Phi) is 5.11. The Bertz CT molecular complexity index is 814. The van der Waals surface area contributed by atoms with Gasteiger partial charge in [0.15, 0.2) is 6.10 Å². The van der Waals surface area contributed by atoms with Crippen LogP contribution in [0.1, 0.15) is 17.2 Å². The Labute approximate surface area is 153 Å². The van der Waals surface area contributed by atoms with Gasteiger partial charge in [-0.15, -0.1) is 0 Å². The summed E-state index contributed by atoms with van der Waals surface area (Å²) >= 11 is 11.8. The predicted molar refractivity (Wildman–Crippen MR) is 91.1 cm³/mol. The second-order valence-corrected chi connectivity index (χ2v) is 6.29. The summed E-state index contributed by atoms with van der Waals surface area (Å²) in [6, 6.07) is 10.4. The van der Waals surface area contributed by atoms with E-state index in [0.29, 0.717) is 10.6 Å². The molecule has 0 bridgehead atoms. The molecule has 0 spiro atoms. The van der Waals surface area contributed by atoms with Crippen molar-refractivity contribution in [3.05, 3.63) is 69.5 Å². The molecule has 25 heavy (non-hydrogen) atoms. The molecule has 2 aromatic carbocycles. The molecule has 1 heterocycles. The fraction of sp³-hybridized carbons (Fsp3) is 0.176. The third-order valence-corrected chi connectivity index (χ3v) is 4.28. The van der Waals surface area contributed by atoms with Gasteiger partial charge in [-0.05, 0) is 35.4 Å². The SMILES string of the molecule is O=C1NCC(C(=O)NC(c2ccc(Cl)cc2)c2ccc(F)c(Cl)c2)O1. The molecule has 1 aliphatic heterocycles. The van der Waals surface area contributed by atoms with Gasteiger partial charge in [0, 0.05) is 5.02 Å². The van der Waals surface area contributed by atoms with Crippen molar-refractivity contribution >= 4 is 35.2 Å².